The minimum absolute atomic E-state index is 0.0239. The number of thiazole rings is 1. The molecule has 39 heavy (non-hydrogen) atoms. The quantitative estimate of drug-likeness (QED) is 0.322. The van der Waals surface area contributed by atoms with Gasteiger partial charge in [-0.15, -0.1) is 6.58 Å². The Kier molecular flexibility index (Phi) is 8.25. The van der Waals surface area contributed by atoms with Gasteiger partial charge in [0.05, 0.1) is 43.7 Å². The molecule has 2 aromatic carbocycles. The van der Waals surface area contributed by atoms with Gasteiger partial charge in [0.2, 0.25) is 0 Å². The number of ether oxygens (including phenoxy) is 4. The first-order valence-electron chi connectivity index (χ1n) is 12.2. The van der Waals surface area contributed by atoms with Crippen LogP contribution in [0, 0.1) is 0 Å². The highest BCUT2D eigenvalue weighted by atomic mass is 32.1. The van der Waals surface area contributed by atoms with E-state index in [0.717, 1.165) is 0 Å². The molecule has 0 fully saturated rings. The third-order valence-electron chi connectivity index (χ3n) is 6.31. The van der Waals surface area contributed by atoms with Gasteiger partial charge < -0.3 is 24.1 Å². The fraction of sp³-hybridized carbons (Fsp3) is 0.276. The molecule has 4 rings (SSSR count). The van der Waals surface area contributed by atoms with Gasteiger partial charge in [0, 0.05) is 11.1 Å². The smallest absolute Gasteiger partial charge is 0.338 e. The second kappa shape index (κ2) is 11.6. The van der Waals surface area contributed by atoms with Crippen molar-refractivity contribution in [3.05, 3.63) is 90.6 Å². The van der Waals surface area contributed by atoms with Crippen LogP contribution in [-0.2, 0) is 16.0 Å². The van der Waals surface area contributed by atoms with E-state index in [4.69, 9.17) is 18.9 Å². The Bertz CT molecular complexity index is 1650. The molecule has 1 N–H and O–H groups in total. The lowest BCUT2D eigenvalue weighted by Gasteiger charge is -2.26. The minimum atomic E-state index is -0.863. The van der Waals surface area contributed by atoms with E-state index in [-0.39, 0.29) is 29.2 Å². The van der Waals surface area contributed by atoms with Gasteiger partial charge in [-0.25, -0.2) is 9.79 Å². The van der Waals surface area contributed by atoms with Crippen molar-refractivity contribution in [3.8, 4) is 23.0 Å². The maximum Gasteiger partial charge on any atom is 0.338 e. The van der Waals surface area contributed by atoms with Crippen LogP contribution in [0.15, 0.2) is 64.0 Å². The molecule has 0 spiro atoms. The van der Waals surface area contributed by atoms with Crippen LogP contribution in [0.2, 0.25) is 0 Å². The molecule has 0 aliphatic carbocycles. The van der Waals surface area contributed by atoms with E-state index < -0.39 is 12.0 Å². The molecular weight excluding hydrogens is 520 g/mol. The summed E-state index contributed by atoms with van der Waals surface area (Å²) in [7, 11) is 4.53. The highest BCUT2D eigenvalue weighted by Gasteiger charge is 2.35. The predicted molar refractivity (Wildman–Crippen MR) is 149 cm³/mol. The number of fused-ring (bicyclic) bond motifs is 1. The van der Waals surface area contributed by atoms with Crippen LogP contribution in [-0.4, -0.2) is 43.6 Å². The number of nitrogens with zero attached hydrogens (tertiary/aromatic N) is 2. The van der Waals surface area contributed by atoms with Crippen LogP contribution in [0.4, 0.5) is 0 Å². The first kappa shape index (κ1) is 27.7. The molecule has 0 radical (unpaired) electrons. The molecule has 0 saturated carbocycles. The van der Waals surface area contributed by atoms with E-state index in [1.807, 2.05) is 0 Å². The zero-order valence-electron chi connectivity index (χ0n) is 22.4. The third kappa shape index (κ3) is 5.20. The van der Waals surface area contributed by atoms with Gasteiger partial charge in [0.25, 0.3) is 5.56 Å². The molecular formula is C29H30N2O7S. The Morgan fingerprint density at radius 3 is 2.54 bits per heavy atom. The normalized spacial score (nSPS) is 14.9. The molecule has 10 heteroatoms. The number of aromatic nitrogens is 1. The average molecular weight is 551 g/mol. The zero-order valence-corrected chi connectivity index (χ0v) is 23.3. The number of hydrogen-bond donors (Lipinski definition) is 1. The molecule has 1 aliphatic rings. The molecule has 3 aromatic rings. The van der Waals surface area contributed by atoms with E-state index in [9.17, 15) is 14.7 Å². The van der Waals surface area contributed by atoms with Crippen molar-refractivity contribution < 1.29 is 28.8 Å². The van der Waals surface area contributed by atoms with Crippen molar-refractivity contribution in [2.24, 2.45) is 4.99 Å². The Balaban J connectivity index is 2.01. The second-order valence-corrected chi connectivity index (χ2v) is 9.64. The molecule has 0 saturated heterocycles. The Morgan fingerprint density at radius 1 is 1.15 bits per heavy atom. The van der Waals surface area contributed by atoms with Gasteiger partial charge in [0.1, 0.15) is 17.5 Å². The van der Waals surface area contributed by atoms with E-state index in [1.165, 1.54) is 37.2 Å². The van der Waals surface area contributed by atoms with Gasteiger partial charge >= 0.3 is 5.97 Å². The molecule has 1 aromatic heterocycles. The van der Waals surface area contributed by atoms with Crippen molar-refractivity contribution in [3.63, 3.8) is 0 Å². The number of hydrogen-bond acceptors (Lipinski definition) is 9. The molecule has 204 valence electrons. The van der Waals surface area contributed by atoms with Gasteiger partial charge in [-0.05, 0) is 62.2 Å². The van der Waals surface area contributed by atoms with E-state index in [2.05, 4.69) is 11.6 Å². The first-order valence-corrected chi connectivity index (χ1v) is 13.0. The summed E-state index contributed by atoms with van der Waals surface area (Å²) in [4.78, 5) is 32.2. The largest absolute Gasteiger partial charge is 0.504 e. The maximum absolute atomic E-state index is 14.0. The fourth-order valence-electron chi connectivity index (χ4n) is 4.53. The van der Waals surface area contributed by atoms with E-state index >= 15 is 0 Å². The number of esters is 1. The molecule has 0 bridgehead atoms. The van der Waals surface area contributed by atoms with Crippen molar-refractivity contribution in [1.82, 2.24) is 4.57 Å². The summed E-state index contributed by atoms with van der Waals surface area (Å²) in [6.07, 6.45) is 3.80. The Labute approximate surface area is 229 Å². The zero-order chi connectivity index (χ0) is 28.3. The molecule has 2 heterocycles. The number of phenolic OH excluding ortho intramolecular Hbond substituents is 1. The van der Waals surface area contributed by atoms with Crippen molar-refractivity contribution in [2.45, 2.75) is 26.3 Å². The lowest BCUT2D eigenvalue weighted by Crippen LogP contribution is -2.40. The molecule has 1 atom stereocenters. The van der Waals surface area contributed by atoms with Crippen LogP contribution in [0.25, 0.3) is 6.08 Å². The van der Waals surface area contributed by atoms with Gasteiger partial charge in [-0.3, -0.25) is 9.36 Å². The third-order valence-corrected chi connectivity index (χ3v) is 7.29. The number of carbonyl (C=O) groups excluding carboxylic acids is 1. The first-order chi connectivity index (χ1) is 18.8. The summed E-state index contributed by atoms with van der Waals surface area (Å²) in [6, 6.07) is 7.77. The SMILES string of the molecule is C=CCc1cc(/C=c2/sc3n(c2=O)[C@H](c2cc(OC)ccc2OC)C(C(=O)OCC)=C(C)N=3)cc(OC)c1O. The number of benzene rings is 2. The van der Waals surface area contributed by atoms with Gasteiger partial charge in [0.15, 0.2) is 16.3 Å². The summed E-state index contributed by atoms with van der Waals surface area (Å²) >= 11 is 1.19. The average Bonchev–Trinajstić information content (AvgIpc) is 3.23. The number of methoxy groups -OCH3 is 3. The Morgan fingerprint density at radius 2 is 1.90 bits per heavy atom. The monoisotopic (exact) mass is 550 g/mol. The van der Waals surface area contributed by atoms with Crippen molar-refractivity contribution >= 4 is 23.4 Å². The lowest BCUT2D eigenvalue weighted by molar-refractivity contribution is -0.139. The topological polar surface area (TPSA) is 109 Å². The lowest BCUT2D eigenvalue weighted by atomic mass is 9.94. The fourth-order valence-corrected chi connectivity index (χ4v) is 5.58. The summed E-state index contributed by atoms with van der Waals surface area (Å²) in [5.41, 5.74) is 2.16. The summed E-state index contributed by atoms with van der Waals surface area (Å²) < 4.78 is 23.6. The molecule has 1 aliphatic heterocycles. The van der Waals surface area contributed by atoms with Crippen molar-refractivity contribution in [2.75, 3.05) is 27.9 Å². The molecule has 0 amide bonds. The number of phenols is 1. The highest BCUT2D eigenvalue weighted by molar-refractivity contribution is 7.07. The second-order valence-electron chi connectivity index (χ2n) is 8.63. The number of carbonyl (C=O) groups is 1. The number of rotatable bonds is 9. The van der Waals surface area contributed by atoms with Gasteiger partial charge in [-0.1, -0.05) is 17.4 Å². The maximum atomic E-state index is 14.0. The highest BCUT2D eigenvalue weighted by Crippen LogP contribution is 2.38. The van der Waals surface area contributed by atoms with Crippen molar-refractivity contribution in [1.29, 1.82) is 0 Å². The number of allylic oxidation sites excluding steroid dienone is 2. The predicted octanol–water partition coefficient (Wildman–Crippen LogP) is 3.26. The van der Waals surface area contributed by atoms with E-state index in [1.54, 1.807) is 56.3 Å². The minimum Gasteiger partial charge on any atom is -0.504 e. The van der Waals surface area contributed by atoms with Gasteiger partial charge in [-0.2, -0.15) is 0 Å². The molecule has 9 nitrogen and oxygen atoms in total. The molecule has 0 unspecified atom stereocenters. The Hall–Kier alpha value is -4.31. The van der Waals surface area contributed by atoms with Crippen LogP contribution in [0.1, 0.15) is 36.6 Å². The number of aromatic hydroxyl groups is 1. The summed E-state index contributed by atoms with van der Waals surface area (Å²) in [5.74, 6) is 0.754. The van der Waals surface area contributed by atoms with Crippen LogP contribution < -0.4 is 29.1 Å². The summed E-state index contributed by atoms with van der Waals surface area (Å²) in [5, 5.41) is 10.5. The van der Waals surface area contributed by atoms with Crippen LogP contribution in [0.5, 0.6) is 23.0 Å². The summed E-state index contributed by atoms with van der Waals surface area (Å²) in [6.45, 7) is 7.34. The standard InChI is InChI=1S/C29H30N2O7S/c1-7-9-18-12-17(13-22(37-6)26(18)32)14-23-27(33)31-25(20-15-19(35-4)10-11-21(20)36-5)24(28(34)38-8-2)16(3)30-29(31)39-23/h7,10-15,25,32H,1,8-9H2,2-6H3/b23-14+/t25-/m1/s1. The van der Waals surface area contributed by atoms with Crippen LogP contribution >= 0.6 is 11.3 Å². The van der Waals surface area contributed by atoms with Crippen LogP contribution in [0.3, 0.4) is 0 Å². The van der Waals surface area contributed by atoms with E-state index in [0.29, 0.717) is 49.6 Å².